The van der Waals surface area contributed by atoms with Gasteiger partial charge in [-0.3, -0.25) is 4.79 Å². The predicted octanol–water partition coefficient (Wildman–Crippen LogP) is 4.61. The van der Waals surface area contributed by atoms with Gasteiger partial charge in [0, 0.05) is 30.5 Å². The second-order valence-corrected chi connectivity index (χ2v) is 7.15. The normalized spacial score (nSPS) is 18.6. The SMILES string of the molecule is CC1CCN(c2ccc(N/C=C3/C(=O)Nc4cccc(F)c43)cc2F)CC1. The average molecular weight is 369 g/mol. The number of anilines is 3. The zero-order chi connectivity index (χ0) is 19.0. The maximum Gasteiger partial charge on any atom is 0.257 e. The van der Waals surface area contributed by atoms with Crippen LogP contribution in [0.15, 0.2) is 42.6 Å². The number of rotatable bonds is 3. The smallest absolute Gasteiger partial charge is 0.257 e. The van der Waals surface area contributed by atoms with E-state index in [1.807, 2.05) is 0 Å². The molecule has 4 rings (SSSR count). The second-order valence-electron chi connectivity index (χ2n) is 7.15. The minimum Gasteiger partial charge on any atom is -0.369 e. The van der Waals surface area contributed by atoms with Gasteiger partial charge < -0.3 is 15.5 Å². The van der Waals surface area contributed by atoms with Gasteiger partial charge in [0.2, 0.25) is 0 Å². The molecule has 2 aromatic rings. The number of benzene rings is 2. The topological polar surface area (TPSA) is 44.4 Å². The molecule has 2 heterocycles. The Balaban J connectivity index is 1.54. The highest BCUT2D eigenvalue weighted by Gasteiger charge is 2.27. The molecule has 0 aromatic heterocycles. The van der Waals surface area contributed by atoms with Gasteiger partial charge in [0.25, 0.3) is 5.91 Å². The summed E-state index contributed by atoms with van der Waals surface area (Å²) in [5.74, 6) is -0.491. The highest BCUT2D eigenvalue weighted by Crippen LogP contribution is 2.34. The van der Waals surface area contributed by atoms with E-state index >= 15 is 0 Å². The standard InChI is InChI=1S/C21H21F2N3O/c1-13-7-9-26(10-8-13)19-6-5-14(11-17(19)23)24-12-15-20-16(22)3-2-4-18(20)25-21(15)27/h2-6,11-13,24H,7-10H2,1H3,(H,25,27)/b15-12+. The van der Waals surface area contributed by atoms with Crippen molar-refractivity contribution in [1.82, 2.24) is 0 Å². The summed E-state index contributed by atoms with van der Waals surface area (Å²) in [7, 11) is 0. The predicted molar refractivity (Wildman–Crippen MR) is 104 cm³/mol. The van der Waals surface area contributed by atoms with Crippen molar-refractivity contribution in [2.75, 3.05) is 28.6 Å². The highest BCUT2D eigenvalue weighted by atomic mass is 19.1. The summed E-state index contributed by atoms with van der Waals surface area (Å²) >= 11 is 0. The fourth-order valence-corrected chi connectivity index (χ4v) is 3.60. The van der Waals surface area contributed by atoms with Crippen LogP contribution in [-0.2, 0) is 4.79 Å². The number of amides is 1. The molecule has 6 heteroatoms. The van der Waals surface area contributed by atoms with E-state index in [0.29, 0.717) is 23.0 Å². The van der Waals surface area contributed by atoms with Gasteiger partial charge in [-0.25, -0.2) is 8.78 Å². The van der Waals surface area contributed by atoms with E-state index in [4.69, 9.17) is 0 Å². The third kappa shape index (κ3) is 3.39. The zero-order valence-corrected chi connectivity index (χ0v) is 15.1. The van der Waals surface area contributed by atoms with Crippen molar-refractivity contribution >= 4 is 28.5 Å². The van der Waals surface area contributed by atoms with Gasteiger partial charge in [-0.1, -0.05) is 13.0 Å². The van der Waals surface area contributed by atoms with Crippen molar-refractivity contribution < 1.29 is 13.6 Å². The quantitative estimate of drug-likeness (QED) is 0.777. The van der Waals surface area contributed by atoms with Gasteiger partial charge in [-0.15, -0.1) is 0 Å². The molecular weight excluding hydrogens is 348 g/mol. The molecule has 2 N–H and O–H groups in total. The molecule has 2 aliphatic heterocycles. The van der Waals surface area contributed by atoms with Gasteiger partial charge in [0.15, 0.2) is 0 Å². The number of piperidine rings is 1. The first-order chi connectivity index (χ1) is 13.0. The number of nitrogens with zero attached hydrogens (tertiary/aromatic N) is 1. The fraction of sp³-hybridized carbons (Fsp3) is 0.286. The van der Waals surface area contributed by atoms with Crippen molar-refractivity contribution in [3.63, 3.8) is 0 Å². The molecule has 27 heavy (non-hydrogen) atoms. The minimum atomic E-state index is -0.472. The Morgan fingerprint density at radius 1 is 1.15 bits per heavy atom. The Labute approximate surface area is 156 Å². The first kappa shape index (κ1) is 17.5. The average Bonchev–Trinajstić information content (AvgIpc) is 2.97. The lowest BCUT2D eigenvalue weighted by atomic mass is 9.99. The number of hydrogen-bond acceptors (Lipinski definition) is 3. The Hall–Kier alpha value is -2.89. The zero-order valence-electron chi connectivity index (χ0n) is 15.1. The number of fused-ring (bicyclic) bond motifs is 1. The van der Waals surface area contributed by atoms with Crippen LogP contribution in [0.1, 0.15) is 25.3 Å². The van der Waals surface area contributed by atoms with Gasteiger partial charge >= 0.3 is 0 Å². The molecular formula is C21H21F2N3O. The highest BCUT2D eigenvalue weighted by molar-refractivity contribution is 6.31. The molecule has 2 aliphatic rings. The van der Waals surface area contributed by atoms with Crippen LogP contribution in [0.5, 0.6) is 0 Å². The van der Waals surface area contributed by atoms with E-state index in [-0.39, 0.29) is 22.9 Å². The number of hydrogen-bond donors (Lipinski definition) is 2. The molecule has 0 atom stereocenters. The number of carbonyl (C=O) groups is 1. The molecule has 1 fully saturated rings. The Morgan fingerprint density at radius 3 is 2.67 bits per heavy atom. The van der Waals surface area contributed by atoms with E-state index in [1.165, 1.54) is 18.3 Å². The maximum absolute atomic E-state index is 14.6. The summed E-state index contributed by atoms with van der Waals surface area (Å²) in [5.41, 5.74) is 1.96. The van der Waals surface area contributed by atoms with E-state index in [9.17, 15) is 13.6 Å². The molecule has 4 nitrogen and oxygen atoms in total. The van der Waals surface area contributed by atoms with Crippen LogP contribution in [0, 0.1) is 17.6 Å². The summed E-state index contributed by atoms with van der Waals surface area (Å²) in [6.07, 6.45) is 3.54. The molecule has 1 amide bonds. The maximum atomic E-state index is 14.6. The summed E-state index contributed by atoms with van der Waals surface area (Å²) in [6, 6.07) is 9.41. The van der Waals surface area contributed by atoms with E-state index < -0.39 is 5.82 Å². The number of nitrogens with one attached hydrogen (secondary N) is 2. The first-order valence-electron chi connectivity index (χ1n) is 9.14. The van der Waals surface area contributed by atoms with Crippen LogP contribution >= 0.6 is 0 Å². The van der Waals surface area contributed by atoms with Gasteiger partial charge in [-0.05, 0) is 49.1 Å². The molecule has 1 saturated heterocycles. The lowest BCUT2D eigenvalue weighted by Gasteiger charge is -2.32. The molecule has 140 valence electrons. The van der Waals surface area contributed by atoms with Crippen LogP contribution < -0.4 is 15.5 Å². The van der Waals surface area contributed by atoms with Crippen LogP contribution in [0.3, 0.4) is 0 Å². The summed E-state index contributed by atoms with van der Waals surface area (Å²) in [6.45, 7) is 3.92. The van der Waals surface area contributed by atoms with Gasteiger partial charge in [0.1, 0.15) is 11.6 Å². The molecule has 0 radical (unpaired) electrons. The molecule has 0 saturated carbocycles. The Morgan fingerprint density at radius 2 is 1.93 bits per heavy atom. The van der Waals surface area contributed by atoms with Crippen molar-refractivity contribution in [2.45, 2.75) is 19.8 Å². The Kier molecular flexibility index (Phi) is 4.56. The number of carbonyl (C=O) groups excluding carboxylic acids is 1. The van der Waals surface area contributed by atoms with E-state index in [0.717, 1.165) is 25.9 Å². The van der Waals surface area contributed by atoms with Crippen molar-refractivity contribution in [3.8, 4) is 0 Å². The van der Waals surface area contributed by atoms with Crippen LogP contribution in [0.4, 0.5) is 25.8 Å². The lowest BCUT2D eigenvalue weighted by Crippen LogP contribution is -2.33. The molecule has 0 aliphatic carbocycles. The third-order valence-electron chi connectivity index (χ3n) is 5.23. The van der Waals surface area contributed by atoms with Crippen LogP contribution in [0.2, 0.25) is 0 Å². The molecule has 2 aromatic carbocycles. The van der Waals surface area contributed by atoms with Crippen LogP contribution in [-0.4, -0.2) is 19.0 Å². The second kappa shape index (κ2) is 7.02. The molecule has 0 spiro atoms. The third-order valence-corrected chi connectivity index (χ3v) is 5.23. The lowest BCUT2D eigenvalue weighted by molar-refractivity contribution is -0.110. The monoisotopic (exact) mass is 369 g/mol. The van der Waals surface area contributed by atoms with Crippen molar-refractivity contribution in [1.29, 1.82) is 0 Å². The largest absolute Gasteiger partial charge is 0.369 e. The summed E-state index contributed by atoms with van der Waals surface area (Å²) in [5, 5.41) is 5.54. The fourth-order valence-electron chi connectivity index (χ4n) is 3.60. The van der Waals surface area contributed by atoms with Crippen molar-refractivity contribution in [3.05, 3.63) is 59.8 Å². The number of halogens is 2. The van der Waals surface area contributed by atoms with Crippen molar-refractivity contribution in [2.24, 2.45) is 5.92 Å². The molecule has 0 bridgehead atoms. The van der Waals surface area contributed by atoms with Gasteiger partial charge in [0.05, 0.1) is 16.9 Å². The van der Waals surface area contributed by atoms with Gasteiger partial charge in [-0.2, -0.15) is 0 Å². The first-order valence-corrected chi connectivity index (χ1v) is 9.14. The van der Waals surface area contributed by atoms with E-state index in [1.54, 1.807) is 24.3 Å². The minimum absolute atomic E-state index is 0.192. The Bertz CT molecular complexity index is 918. The van der Waals surface area contributed by atoms with Crippen LogP contribution in [0.25, 0.3) is 5.57 Å². The summed E-state index contributed by atoms with van der Waals surface area (Å²) < 4.78 is 28.6. The van der Waals surface area contributed by atoms with E-state index in [2.05, 4.69) is 22.5 Å². The molecule has 0 unspecified atom stereocenters. The summed E-state index contributed by atoms with van der Waals surface area (Å²) in [4.78, 5) is 14.2.